The molecule has 0 N–H and O–H groups in total. The Morgan fingerprint density at radius 1 is 0.684 bits per heavy atom. The lowest BCUT2D eigenvalue weighted by Gasteiger charge is -1.97. The van der Waals surface area contributed by atoms with Crippen molar-refractivity contribution in [2.45, 2.75) is 6.42 Å². The van der Waals surface area contributed by atoms with E-state index in [1.54, 1.807) is 0 Å². The third-order valence-corrected chi connectivity index (χ3v) is 4.12. The molecule has 96 valence electrons. The molecule has 2 aromatic carbocycles. The van der Waals surface area contributed by atoms with Crippen LogP contribution in [0.4, 0.5) is 0 Å². The Labute approximate surface area is 131 Å². The molecular weight excluding hydrogens is 364 g/mol. The molecule has 0 saturated heterocycles. The minimum absolute atomic E-state index is 0.919. The van der Waals surface area contributed by atoms with Gasteiger partial charge in [-0.2, -0.15) is 0 Å². The maximum absolute atomic E-state index is 3.54. The summed E-state index contributed by atoms with van der Waals surface area (Å²) in [6.07, 6.45) is 9.51. The molecule has 0 amide bonds. The highest BCUT2D eigenvalue weighted by molar-refractivity contribution is 9.10. The van der Waals surface area contributed by atoms with Crippen LogP contribution in [-0.4, -0.2) is 0 Å². The summed E-state index contributed by atoms with van der Waals surface area (Å²) >= 11 is 7.07. The predicted molar refractivity (Wildman–Crippen MR) is 91.0 cm³/mol. The Kier molecular flexibility index (Phi) is 5.62. The molecule has 19 heavy (non-hydrogen) atoms. The summed E-state index contributed by atoms with van der Waals surface area (Å²) in [5.74, 6) is 0. The number of halogens is 2. The highest BCUT2D eigenvalue weighted by Gasteiger charge is 1.92. The van der Waals surface area contributed by atoms with E-state index in [0.717, 1.165) is 15.4 Å². The van der Waals surface area contributed by atoms with Gasteiger partial charge in [0.25, 0.3) is 0 Å². The van der Waals surface area contributed by atoms with E-state index in [-0.39, 0.29) is 0 Å². The quantitative estimate of drug-likeness (QED) is 0.584. The fraction of sp³-hybridized carbons (Fsp3) is 0.0588. The van der Waals surface area contributed by atoms with Crippen molar-refractivity contribution in [2.75, 3.05) is 0 Å². The maximum Gasteiger partial charge on any atom is 0.0247 e. The van der Waals surface area contributed by atoms with Crippen molar-refractivity contribution in [1.29, 1.82) is 0 Å². The van der Waals surface area contributed by atoms with Crippen molar-refractivity contribution in [3.05, 3.63) is 80.8 Å². The molecule has 0 fully saturated rings. The first-order valence-corrected chi connectivity index (χ1v) is 7.68. The van der Waals surface area contributed by atoms with E-state index in [9.17, 15) is 0 Å². The van der Waals surface area contributed by atoms with Gasteiger partial charge in [0.15, 0.2) is 0 Å². The Morgan fingerprint density at radius 3 is 1.53 bits per heavy atom. The van der Waals surface area contributed by atoms with E-state index in [1.165, 1.54) is 11.1 Å². The van der Waals surface area contributed by atoms with Gasteiger partial charge in [-0.15, -0.1) is 0 Å². The Bertz CT molecular complexity index is 544. The van der Waals surface area contributed by atoms with Crippen LogP contribution in [0.5, 0.6) is 0 Å². The summed E-state index contributed by atoms with van der Waals surface area (Å²) in [5, 5.41) is 0. The molecule has 2 aromatic rings. The number of benzene rings is 2. The average molecular weight is 378 g/mol. The van der Waals surface area contributed by atoms with Crippen LogP contribution in [0.15, 0.2) is 69.6 Å². The van der Waals surface area contributed by atoms with Gasteiger partial charge in [-0.05, 0) is 29.7 Å². The summed E-state index contributed by atoms with van der Waals surface area (Å²) in [4.78, 5) is 0. The maximum atomic E-state index is 3.54. The summed E-state index contributed by atoms with van der Waals surface area (Å²) in [5.41, 5.74) is 2.41. The molecule has 2 rings (SSSR count). The molecule has 0 unspecified atom stereocenters. The van der Waals surface area contributed by atoms with Crippen LogP contribution in [0.25, 0.3) is 12.2 Å². The van der Waals surface area contributed by atoms with Gasteiger partial charge >= 0.3 is 0 Å². The van der Waals surface area contributed by atoms with Gasteiger partial charge in [0.2, 0.25) is 0 Å². The minimum atomic E-state index is 0.919. The second-order valence-corrected chi connectivity index (χ2v) is 5.79. The van der Waals surface area contributed by atoms with Crippen molar-refractivity contribution in [3.8, 4) is 0 Å². The lowest BCUT2D eigenvalue weighted by atomic mass is 10.2. The molecule has 0 radical (unpaired) electrons. The van der Waals surface area contributed by atoms with Crippen LogP contribution in [0, 0.1) is 0 Å². The Hall–Kier alpha value is -1.12. The van der Waals surface area contributed by atoms with Gasteiger partial charge in [0.05, 0.1) is 0 Å². The monoisotopic (exact) mass is 376 g/mol. The minimum Gasteiger partial charge on any atom is -0.0801 e. The van der Waals surface area contributed by atoms with Crippen LogP contribution < -0.4 is 0 Å². The second kappa shape index (κ2) is 7.46. The zero-order valence-electron chi connectivity index (χ0n) is 10.4. The van der Waals surface area contributed by atoms with Gasteiger partial charge in [-0.25, -0.2) is 0 Å². The van der Waals surface area contributed by atoms with E-state index in [0.29, 0.717) is 0 Å². The second-order valence-electron chi connectivity index (χ2n) is 4.08. The van der Waals surface area contributed by atoms with Crippen LogP contribution in [0.1, 0.15) is 17.5 Å². The zero-order valence-corrected chi connectivity index (χ0v) is 13.6. The van der Waals surface area contributed by atoms with Gasteiger partial charge in [-0.3, -0.25) is 0 Å². The summed E-state index contributed by atoms with van der Waals surface area (Å²) < 4.78 is 2.25. The molecule has 0 aromatic heterocycles. The van der Waals surface area contributed by atoms with Crippen LogP contribution in [0.2, 0.25) is 0 Å². The molecule has 0 aliphatic heterocycles. The van der Waals surface area contributed by atoms with Crippen LogP contribution in [-0.2, 0) is 0 Å². The fourth-order valence-corrected chi connectivity index (χ4v) is 2.52. The number of hydrogen-bond donors (Lipinski definition) is 0. The van der Waals surface area contributed by atoms with Gasteiger partial charge in [0, 0.05) is 8.95 Å². The fourth-order valence-electron chi connectivity index (χ4n) is 1.69. The zero-order chi connectivity index (χ0) is 13.5. The molecule has 0 aliphatic rings. The summed E-state index contributed by atoms with van der Waals surface area (Å²) in [6.45, 7) is 0. The van der Waals surface area contributed by atoms with Gasteiger partial charge in [-0.1, -0.05) is 92.6 Å². The molecule has 0 saturated carbocycles. The highest BCUT2D eigenvalue weighted by atomic mass is 79.9. The molecule has 0 aliphatic carbocycles. The molecule has 0 spiro atoms. The van der Waals surface area contributed by atoms with Crippen molar-refractivity contribution >= 4 is 44.0 Å². The molecule has 2 heteroatoms. The first kappa shape index (κ1) is 14.3. The van der Waals surface area contributed by atoms with Gasteiger partial charge in [0.1, 0.15) is 0 Å². The van der Waals surface area contributed by atoms with Crippen molar-refractivity contribution in [2.24, 2.45) is 0 Å². The van der Waals surface area contributed by atoms with Crippen molar-refractivity contribution < 1.29 is 0 Å². The predicted octanol–water partition coefficient (Wildman–Crippen LogP) is 6.33. The lowest BCUT2D eigenvalue weighted by molar-refractivity contribution is 1.41. The van der Waals surface area contributed by atoms with Crippen molar-refractivity contribution in [1.82, 2.24) is 0 Å². The van der Waals surface area contributed by atoms with E-state index >= 15 is 0 Å². The van der Waals surface area contributed by atoms with E-state index in [4.69, 9.17) is 0 Å². The molecule has 0 nitrogen and oxygen atoms in total. The number of allylic oxidation sites excluding steroid dienone is 2. The van der Waals surface area contributed by atoms with Crippen LogP contribution >= 0.6 is 31.9 Å². The molecule has 0 heterocycles. The van der Waals surface area contributed by atoms with E-state index < -0.39 is 0 Å². The Balaban J connectivity index is 1.94. The number of rotatable bonds is 4. The smallest absolute Gasteiger partial charge is 0.0247 e. The topological polar surface area (TPSA) is 0 Å². The largest absolute Gasteiger partial charge is 0.0801 e. The summed E-state index contributed by atoms with van der Waals surface area (Å²) in [6, 6.07) is 16.4. The van der Waals surface area contributed by atoms with E-state index in [2.05, 4.69) is 80.4 Å². The molecule has 0 atom stereocenters. The molecule has 0 bridgehead atoms. The SMILES string of the molecule is Brc1ccccc1/C=C/C/C=C/c1ccccc1Br. The van der Waals surface area contributed by atoms with Gasteiger partial charge < -0.3 is 0 Å². The van der Waals surface area contributed by atoms with E-state index in [1.807, 2.05) is 24.3 Å². The first-order valence-electron chi connectivity index (χ1n) is 6.09. The average Bonchev–Trinajstić information content (AvgIpc) is 2.42. The lowest BCUT2D eigenvalue weighted by Crippen LogP contribution is -1.74. The third kappa shape index (κ3) is 4.48. The summed E-state index contributed by atoms with van der Waals surface area (Å²) in [7, 11) is 0. The standard InChI is InChI=1S/C17H14Br2/c18-16-12-6-4-10-14(16)8-2-1-3-9-15-11-5-7-13-17(15)19/h2-13H,1H2/b8-2+,9-3+. The number of hydrogen-bond acceptors (Lipinski definition) is 0. The highest BCUT2D eigenvalue weighted by Crippen LogP contribution is 2.19. The normalized spacial score (nSPS) is 11.5. The third-order valence-electron chi connectivity index (χ3n) is 2.68. The van der Waals surface area contributed by atoms with Crippen molar-refractivity contribution in [3.63, 3.8) is 0 Å². The molecular formula is C17H14Br2. The Morgan fingerprint density at radius 2 is 1.11 bits per heavy atom. The first-order chi connectivity index (χ1) is 9.27. The van der Waals surface area contributed by atoms with Crippen LogP contribution in [0.3, 0.4) is 0 Å².